The first-order chi connectivity index (χ1) is 13.0. The van der Waals surface area contributed by atoms with Crippen LogP contribution in [-0.4, -0.2) is 24.7 Å². The third-order valence-electron chi connectivity index (χ3n) is 4.37. The van der Waals surface area contributed by atoms with Gasteiger partial charge in [0.15, 0.2) is 0 Å². The molecule has 3 aromatic carbocycles. The van der Waals surface area contributed by atoms with Crippen LogP contribution < -0.4 is 15.5 Å². The minimum atomic E-state index is -3.05. The average molecular weight is 369 g/mol. The number of alkyl halides is 2. The van der Waals surface area contributed by atoms with E-state index in [-0.39, 0.29) is 17.9 Å². The summed E-state index contributed by atoms with van der Waals surface area (Å²) in [7, 11) is -0.976. The highest BCUT2D eigenvalue weighted by Gasteiger charge is 2.27. The summed E-state index contributed by atoms with van der Waals surface area (Å²) in [6, 6.07) is 15.0. The van der Waals surface area contributed by atoms with Gasteiger partial charge in [0.2, 0.25) is 0 Å². The number of nitrogens with one attached hydrogen (secondary N) is 1. The van der Waals surface area contributed by atoms with E-state index >= 15 is 0 Å². The second-order valence-electron chi connectivity index (χ2n) is 6.11. The Labute approximate surface area is 153 Å². The Morgan fingerprint density at radius 1 is 1.15 bits per heavy atom. The molecule has 27 heavy (non-hydrogen) atoms. The number of halogens is 2. The monoisotopic (exact) mass is 369 g/mol. The molecule has 1 amide bonds. The first kappa shape index (κ1) is 17.4. The fraction of sp³-hybridized carbons (Fsp3) is 0.105. The zero-order valence-corrected chi connectivity index (χ0v) is 14.0. The molecule has 1 aliphatic heterocycles. The van der Waals surface area contributed by atoms with Crippen LogP contribution in [0.4, 0.5) is 14.5 Å². The molecule has 0 fully saturated rings. The van der Waals surface area contributed by atoms with E-state index in [2.05, 4.69) is 10.1 Å². The van der Waals surface area contributed by atoms with Crippen LogP contribution in [-0.2, 0) is 11.3 Å². The van der Waals surface area contributed by atoms with E-state index in [0.717, 1.165) is 10.9 Å². The van der Waals surface area contributed by atoms with Crippen molar-refractivity contribution < 1.29 is 28.0 Å². The lowest BCUT2D eigenvalue weighted by Crippen LogP contribution is -2.28. The molecule has 3 aromatic rings. The van der Waals surface area contributed by atoms with Crippen LogP contribution in [0.25, 0.3) is 10.8 Å². The SMILES string of the molecule is O=C(Nc1ccc2c(c1)COB2O)c1cc2ccccc2cc1OC(F)F. The lowest BCUT2D eigenvalue weighted by Gasteiger charge is -2.13. The molecule has 8 heteroatoms. The summed E-state index contributed by atoms with van der Waals surface area (Å²) < 4.78 is 35.2. The van der Waals surface area contributed by atoms with Gasteiger partial charge in [0.05, 0.1) is 12.2 Å². The van der Waals surface area contributed by atoms with Crippen LogP contribution in [0.1, 0.15) is 15.9 Å². The van der Waals surface area contributed by atoms with Crippen molar-refractivity contribution in [3.63, 3.8) is 0 Å². The molecule has 0 bridgehead atoms. The number of amides is 1. The Balaban J connectivity index is 1.67. The summed E-state index contributed by atoms with van der Waals surface area (Å²) >= 11 is 0. The summed E-state index contributed by atoms with van der Waals surface area (Å²) in [4.78, 5) is 12.7. The number of benzene rings is 3. The third-order valence-corrected chi connectivity index (χ3v) is 4.37. The molecule has 0 saturated carbocycles. The minimum absolute atomic E-state index is 0.00535. The van der Waals surface area contributed by atoms with Gasteiger partial charge >= 0.3 is 13.7 Å². The number of ether oxygens (including phenoxy) is 1. The number of carbonyl (C=O) groups excluding carboxylic acids is 1. The van der Waals surface area contributed by atoms with Crippen molar-refractivity contribution in [3.8, 4) is 5.75 Å². The van der Waals surface area contributed by atoms with Crippen LogP contribution in [0.5, 0.6) is 5.75 Å². The molecular formula is C19H14BF2NO4. The van der Waals surface area contributed by atoms with E-state index < -0.39 is 19.6 Å². The van der Waals surface area contributed by atoms with E-state index in [1.165, 1.54) is 12.1 Å². The summed E-state index contributed by atoms with van der Waals surface area (Å²) in [5.41, 5.74) is 1.86. The second kappa shape index (κ2) is 6.98. The van der Waals surface area contributed by atoms with Crippen molar-refractivity contribution in [3.05, 3.63) is 65.7 Å². The highest BCUT2D eigenvalue weighted by Crippen LogP contribution is 2.28. The lowest BCUT2D eigenvalue weighted by atomic mass is 9.79. The quantitative estimate of drug-likeness (QED) is 0.694. The van der Waals surface area contributed by atoms with Gasteiger partial charge in [-0.2, -0.15) is 8.78 Å². The number of rotatable bonds is 4. The topological polar surface area (TPSA) is 67.8 Å². The maximum Gasteiger partial charge on any atom is 0.491 e. The molecule has 0 radical (unpaired) electrons. The van der Waals surface area contributed by atoms with Gasteiger partial charge in [-0.3, -0.25) is 4.79 Å². The second-order valence-corrected chi connectivity index (χ2v) is 6.11. The Hall–Kier alpha value is -2.97. The van der Waals surface area contributed by atoms with E-state index in [1.807, 2.05) is 0 Å². The van der Waals surface area contributed by atoms with Crippen molar-refractivity contribution >= 4 is 34.9 Å². The maximum atomic E-state index is 12.8. The fourth-order valence-corrected chi connectivity index (χ4v) is 3.10. The molecule has 0 spiro atoms. The van der Waals surface area contributed by atoms with Gasteiger partial charge in [0.1, 0.15) is 5.75 Å². The minimum Gasteiger partial charge on any atom is -0.434 e. The van der Waals surface area contributed by atoms with Crippen molar-refractivity contribution in [2.75, 3.05) is 5.32 Å². The van der Waals surface area contributed by atoms with Crippen LogP contribution in [0.2, 0.25) is 0 Å². The van der Waals surface area contributed by atoms with Crippen LogP contribution in [0, 0.1) is 0 Å². The Morgan fingerprint density at radius 3 is 2.63 bits per heavy atom. The number of anilines is 1. The van der Waals surface area contributed by atoms with E-state index in [0.29, 0.717) is 16.5 Å². The van der Waals surface area contributed by atoms with Gasteiger partial charge in [-0.05, 0) is 46.1 Å². The maximum absolute atomic E-state index is 12.8. The third kappa shape index (κ3) is 3.49. The molecule has 1 aliphatic rings. The van der Waals surface area contributed by atoms with Crippen molar-refractivity contribution in [2.45, 2.75) is 13.2 Å². The zero-order valence-electron chi connectivity index (χ0n) is 14.0. The Morgan fingerprint density at radius 2 is 1.89 bits per heavy atom. The number of carbonyl (C=O) groups is 1. The molecule has 5 nitrogen and oxygen atoms in total. The van der Waals surface area contributed by atoms with Crippen molar-refractivity contribution in [1.29, 1.82) is 0 Å². The first-order valence-corrected chi connectivity index (χ1v) is 8.23. The molecule has 0 saturated heterocycles. The Bertz CT molecular complexity index is 1030. The molecular weight excluding hydrogens is 355 g/mol. The fourth-order valence-electron chi connectivity index (χ4n) is 3.10. The highest BCUT2D eigenvalue weighted by molar-refractivity contribution is 6.61. The summed E-state index contributed by atoms with van der Waals surface area (Å²) in [6.07, 6.45) is 0. The molecule has 1 heterocycles. The molecule has 0 aliphatic carbocycles. The van der Waals surface area contributed by atoms with Gasteiger partial charge < -0.3 is 19.7 Å². The van der Waals surface area contributed by atoms with Gasteiger partial charge in [-0.1, -0.05) is 30.3 Å². The van der Waals surface area contributed by atoms with E-state index in [4.69, 9.17) is 4.65 Å². The van der Waals surface area contributed by atoms with Crippen LogP contribution in [0.15, 0.2) is 54.6 Å². The molecule has 2 N–H and O–H groups in total. The average Bonchev–Trinajstić information content (AvgIpc) is 3.01. The molecule has 0 aromatic heterocycles. The van der Waals surface area contributed by atoms with E-state index in [1.54, 1.807) is 42.5 Å². The van der Waals surface area contributed by atoms with Crippen LogP contribution >= 0.6 is 0 Å². The van der Waals surface area contributed by atoms with Crippen molar-refractivity contribution in [2.24, 2.45) is 0 Å². The molecule has 0 unspecified atom stereocenters. The lowest BCUT2D eigenvalue weighted by molar-refractivity contribution is -0.0500. The summed E-state index contributed by atoms with van der Waals surface area (Å²) in [6.45, 7) is -2.81. The van der Waals surface area contributed by atoms with Gasteiger partial charge in [0.25, 0.3) is 5.91 Å². The first-order valence-electron chi connectivity index (χ1n) is 8.23. The predicted octanol–water partition coefficient (Wildman–Crippen LogP) is 2.91. The largest absolute Gasteiger partial charge is 0.491 e. The molecule has 4 rings (SSSR count). The van der Waals surface area contributed by atoms with E-state index in [9.17, 15) is 18.6 Å². The number of fused-ring (bicyclic) bond motifs is 2. The standard InChI is InChI=1S/C19H14BF2NO4/c21-19(22)27-17-9-12-4-2-1-3-11(12)8-15(17)18(24)23-14-5-6-16-13(7-14)10-26-20(16)25/h1-9,19,25H,10H2,(H,23,24). The molecule has 0 atom stereocenters. The van der Waals surface area contributed by atoms with Gasteiger partial charge in [-0.15, -0.1) is 0 Å². The Kier molecular flexibility index (Phi) is 4.51. The van der Waals surface area contributed by atoms with Crippen LogP contribution in [0.3, 0.4) is 0 Å². The number of hydrogen-bond donors (Lipinski definition) is 2. The summed E-state index contributed by atoms with van der Waals surface area (Å²) in [5, 5.41) is 13.8. The molecule has 136 valence electrons. The predicted molar refractivity (Wildman–Crippen MR) is 97.4 cm³/mol. The van der Waals surface area contributed by atoms with Gasteiger partial charge in [0, 0.05) is 5.69 Å². The number of hydrogen-bond acceptors (Lipinski definition) is 4. The zero-order chi connectivity index (χ0) is 19.0. The van der Waals surface area contributed by atoms with Crippen molar-refractivity contribution in [1.82, 2.24) is 0 Å². The van der Waals surface area contributed by atoms with Gasteiger partial charge in [-0.25, -0.2) is 0 Å². The normalized spacial score (nSPS) is 13.1. The highest BCUT2D eigenvalue weighted by atomic mass is 19.3. The smallest absolute Gasteiger partial charge is 0.434 e. The summed E-state index contributed by atoms with van der Waals surface area (Å²) in [5.74, 6) is -0.767.